The minimum Gasteiger partial charge on any atom is -0.497 e. The van der Waals surface area contributed by atoms with Crippen molar-refractivity contribution in [1.29, 1.82) is 0 Å². The van der Waals surface area contributed by atoms with Crippen LogP contribution >= 0.6 is 0 Å². The highest BCUT2D eigenvalue weighted by atomic mass is 16.5. The van der Waals surface area contributed by atoms with Crippen LogP contribution in [0.4, 0.5) is 0 Å². The van der Waals surface area contributed by atoms with E-state index in [9.17, 15) is 5.11 Å². The molecule has 0 amide bonds. The van der Waals surface area contributed by atoms with E-state index in [0.29, 0.717) is 13.0 Å². The molecule has 2 aromatic carbocycles. The van der Waals surface area contributed by atoms with Crippen LogP contribution in [0.2, 0.25) is 0 Å². The molecule has 0 aliphatic rings. The Kier molecular flexibility index (Phi) is 5.64. The van der Waals surface area contributed by atoms with Crippen LogP contribution in [0.25, 0.3) is 0 Å². The SMILES string of the molecule is CC[C@@H](O)c1ccccc1OCCc1ccc(OC)cc1. The summed E-state index contributed by atoms with van der Waals surface area (Å²) in [7, 11) is 1.66. The van der Waals surface area contributed by atoms with Crippen LogP contribution in [0.15, 0.2) is 48.5 Å². The normalized spacial score (nSPS) is 12.0. The molecule has 0 spiro atoms. The topological polar surface area (TPSA) is 38.7 Å². The molecule has 2 aromatic rings. The molecule has 0 saturated heterocycles. The summed E-state index contributed by atoms with van der Waals surface area (Å²) in [6.07, 6.45) is 1.03. The van der Waals surface area contributed by atoms with Crippen molar-refractivity contribution in [3.8, 4) is 11.5 Å². The Morgan fingerprint density at radius 2 is 1.76 bits per heavy atom. The molecule has 0 aliphatic heterocycles. The Labute approximate surface area is 126 Å². The van der Waals surface area contributed by atoms with Crippen LogP contribution in [-0.4, -0.2) is 18.8 Å². The van der Waals surface area contributed by atoms with Gasteiger partial charge in [-0.05, 0) is 30.2 Å². The molecule has 3 nitrogen and oxygen atoms in total. The maximum atomic E-state index is 9.99. The lowest BCUT2D eigenvalue weighted by atomic mass is 10.1. The molecular weight excluding hydrogens is 264 g/mol. The van der Waals surface area contributed by atoms with Crippen molar-refractivity contribution in [3.05, 3.63) is 59.7 Å². The number of aliphatic hydroxyl groups is 1. The number of rotatable bonds is 7. The van der Waals surface area contributed by atoms with Crippen molar-refractivity contribution in [2.24, 2.45) is 0 Å². The number of aliphatic hydroxyl groups excluding tert-OH is 1. The first-order valence-electron chi connectivity index (χ1n) is 7.27. The molecule has 0 radical (unpaired) electrons. The lowest BCUT2D eigenvalue weighted by Crippen LogP contribution is -2.05. The van der Waals surface area contributed by atoms with Gasteiger partial charge in [0.2, 0.25) is 0 Å². The summed E-state index contributed by atoms with van der Waals surface area (Å²) in [6.45, 7) is 2.54. The van der Waals surface area contributed by atoms with Crippen molar-refractivity contribution >= 4 is 0 Å². The Bertz CT molecular complexity index is 549. The smallest absolute Gasteiger partial charge is 0.125 e. The van der Waals surface area contributed by atoms with Crippen LogP contribution in [0.3, 0.4) is 0 Å². The van der Waals surface area contributed by atoms with E-state index in [2.05, 4.69) is 0 Å². The molecule has 0 bridgehead atoms. The molecule has 0 fully saturated rings. The lowest BCUT2D eigenvalue weighted by molar-refractivity contribution is 0.167. The molecule has 112 valence electrons. The highest BCUT2D eigenvalue weighted by Crippen LogP contribution is 2.27. The molecule has 0 aromatic heterocycles. The summed E-state index contributed by atoms with van der Waals surface area (Å²) in [4.78, 5) is 0. The number of para-hydroxylation sites is 1. The van der Waals surface area contributed by atoms with Crippen molar-refractivity contribution in [2.75, 3.05) is 13.7 Å². The number of hydrogen-bond donors (Lipinski definition) is 1. The molecular formula is C18H22O3. The predicted octanol–water partition coefficient (Wildman–Crippen LogP) is 3.76. The van der Waals surface area contributed by atoms with Crippen LogP contribution < -0.4 is 9.47 Å². The van der Waals surface area contributed by atoms with Crippen molar-refractivity contribution < 1.29 is 14.6 Å². The highest BCUT2D eigenvalue weighted by molar-refractivity contribution is 5.35. The summed E-state index contributed by atoms with van der Waals surface area (Å²) < 4.78 is 11.0. The predicted molar refractivity (Wildman–Crippen MR) is 83.9 cm³/mol. The first-order valence-corrected chi connectivity index (χ1v) is 7.27. The summed E-state index contributed by atoms with van der Waals surface area (Å²) in [5.74, 6) is 1.62. The third-order valence-electron chi connectivity index (χ3n) is 3.47. The minimum absolute atomic E-state index is 0.470. The summed E-state index contributed by atoms with van der Waals surface area (Å²) in [5, 5.41) is 9.99. The van der Waals surface area contributed by atoms with Gasteiger partial charge in [-0.2, -0.15) is 0 Å². The second-order valence-corrected chi connectivity index (χ2v) is 4.91. The van der Waals surface area contributed by atoms with E-state index in [4.69, 9.17) is 9.47 Å². The molecule has 0 saturated carbocycles. The summed E-state index contributed by atoms with van der Waals surface area (Å²) in [5.41, 5.74) is 2.05. The summed E-state index contributed by atoms with van der Waals surface area (Å²) in [6, 6.07) is 15.6. The average Bonchev–Trinajstić information content (AvgIpc) is 2.55. The zero-order valence-electron chi connectivity index (χ0n) is 12.6. The van der Waals surface area contributed by atoms with Gasteiger partial charge in [-0.1, -0.05) is 37.3 Å². The van der Waals surface area contributed by atoms with E-state index in [1.54, 1.807) is 7.11 Å². The molecule has 0 unspecified atom stereocenters. The lowest BCUT2D eigenvalue weighted by Gasteiger charge is -2.15. The van der Waals surface area contributed by atoms with Crippen molar-refractivity contribution in [3.63, 3.8) is 0 Å². The number of hydrogen-bond acceptors (Lipinski definition) is 3. The fourth-order valence-corrected chi connectivity index (χ4v) is 2.18. The Morgan fingerprint density at radius 3 is 2.43 bits per heavy atom. The Hall–Kier alpha value is -2.00. The van der Waals surface area contributed by atoms with Crippen LogP contribution in [-0.2, 0) is 6.42 Å². The van der Waals surface area contributed by atoms with E-state index < -0.39 is 6.10 Å². The van der Waals surface area contributed by atoms with Crippen molar-refractivity contribution in [1.82, 2.24) is 0 Å². The van der Waals surface area contributed by atoms with Gasteiger partial charge in [0.1, 0.15) is 11.5 Å². The molecule has 1 N–H and O–H groups in total. The number of methoxy groups -OCH3 is 1. The van der Waals surface area contributed by atoms with Gasteiger partial charge < -0.3 is 14.6 Å². The van der Waals surface area contributed by atoms with Gasteiger partial charge in [0.05, 0.1) is 19.8 Å². The highest BCUT2D eigenvalue weighted by Gasteiger charge is 2.10. The Balaban J connectivity index is 1.93. The van der Waals surface area contributed by atoms with E-state index in [-0.39, 0.29) is 0 Å². The maximum absolute atomic E-state index is 9.99. The quantitative estimate of drug-likeness (QED) is 0.842. The fraction of sp³-hybridized carbons (Fsp3) is 0.333. The second kappa shape index (κ2) is 7.70. The van der Waals surface area contributed by atoms with Gasteiger partial charge in [0.15, 0.2) is 0 Å². The number of benzene rings is 2. The van der Waals surface area contributed by atoms with Crippen molar-refractivity contribution in [2.45, 2.75) is 25.9 Å². The maximum Gasteiger partial charge on any atom is 0.125 e. The molecule has 3 heteroatoms. The Morgan fingerprint density at radius 1 is 1.05 bits per heavy atom. The molecule has 2 rings (SSSR count). The second-order valence-electron chi connectivity index (χ2n) is 4.91. The average molecular weight is 286 g/mol. The van der Waals surface area contributed by atoms with E-state index >= 15 is 0 Å². The van der Waals surface area contributed by atoms with Crippen LogP contribution in [0.1, 0.15) is 30.6 Å². The molecule has 21 heavy (non-hydrogen) atoms. The third-order valence-corrected chi connectivity index (χ3v) is 3.47. The van der Waals surface area contributed by atoms with E-state index in [0.717, 1.165) is 23.5 Å². The molecule has 0 aliphatic carbocycles. The van der Waals surface area contributed by atoms with Gasteiger partial charge >= 0.3 is 0 Å². The zero-order chi connectivity index (χ0) is 15.1. The van der Waals surface area contributed by atoms with Gasteiger partial charge in [-0.3, -0.25) is 0 Å². The molecule has 0 heterocycles. The number of ether oxygens (including phenoxy) is 2. The van der Waals surface area contributed by atoms with Gasteiger partial charge in [0, 0.05) is 12.0 Å². The first kappa shape index (κ1) is 15.4. The van der Waals surface area contributed by atoms with E-state index in [1.165, 1.54) is 5.56 Å². The minimum atomic E-state index is -0.470. The summed E-state index contributed by atoms with van der Waals surface area (Å²) >= 11 is 0. The van der Waals surface area contributed by atoms with Gasteiger partial charge in [-0.15, -0.1) is 0 Å². The monoisotopic (exact) mass is 286 g/mol. The zero-order valence-corrected chi connectivity index (χ0v) is 12.6. The van der Waals surface area contributed by atoms with Gasteiger partial charge in [-0.25, -0.2) is 0 Å². The van der Waals surface area contributed by atoms with Crippen LogP contribution in [0, 0.1) is 0 Å². The fourth-order valence-electron chi connectivity index (χ4n) is 2.18. The van der Waals surface area contributed by atoms with Crippen LogP contribution in [0.5, 0.6) is 11.5 Å². The third kappa shape index (κ3) is 4.23. The molecule has 1 atom stereocenters. The standard InChI is InChI=1S/C18H22O3/c1-3-17(19)16-6-4-5-7-18(16)21-13-12-14-8-10-15(20-2)11-9-14/h4-11,17,19H,3,12-13H2,1-2H3/t17-/m1/s1. The van der Waals surface area contributed by atoms with Gasteiger partial charge in [0.25, 0.3) is 0 Å². The first-order chi connectivity index (χ1) is 10.2. The van der Waals surface area contributed by atoms with E-state index in [1.807, 2.05) is 55.5 Å². The largest absolute Gasteiger partial charge is 0.497 e.